The molecule has 10 heteroatoms. The molecule has 26 heavy (non-hydrogen) atoms. The molecule has 0 aliphatic heterocycles. The van der Waals surface area contributed by atoms with Crippen molar-refractivity contribution in [3.63, 3.8) is 0 Å². The van der Waals surface area contributed by atoms with Gasteiger partial charge in [0.25, 0.3) is 11.8 Å². The molecule has 0 saturated carbocycles. The minimum absolute atomic E-state index is 0.126. The number of carbonyl (C=O) groups excluding carboxylic acids is 2. The van der Waals surface area contributed by atoms with Crippen LogP contribution in [0.3, 0.4) is 0 Å². The Labute approximate surface area is 153 Å². The van der Waals surface area contributed by atoms with Gasteiger partial charge in [-0.05, 0) is 12.8 Å². The number of rotatable bonds is 12. The topological polar surface area (TPSA) is 160 Å². The van der Waals surface area contributed by atoms with Crippen molar-refractivity contribution in [1.82, 2.24) is 20.6 Å². The first-order valence-corrected chi connectivity index (χ1v) is 8.95. The number of amides is 2. The van der Waals surface area contributed by atoms with Gasteiger partial charge in [-0.2, -0.15) is 0 Å². The van der Waals surface area contributed by atoms with Crippen LogP contribution < -0.4 is 32.7 Å². The minimum atomic E-state index is -0.394. The molecule has 0 bridgehead atoms. The van der Waals surface area contributed by atoms with Gasteiger partial charge in [-0.15, -0.1) is 0 Å². The molecule has 0 aliphatic carbocycles. The Morgan fingerprint density at radius 3 is 1.46 bits per heavy atom. The summed E-state index contributed by atoms with van der Waals surface area (Å²) in [6, 6.07) is 0. The summed E-state index contributed by atoms with van der Waals surface area (Å²) >= 11 is 0. The maximum atomic E-state index is 12.4. The van der Waals surface area contributed by atoms with Gasteiger partial charge >= 0.3 is 0 Å². The maximum Gasteiger partial charge on any atom is 0.273 e. The smallest absolute Gasteiger partial charge is 0.273 e. The first-order valence-electron chi connectivity index (χ1n) is 8.95. The van der Waals surface area contributed by atoms with Crippen molar-refractivity contribution in [3.05, 3.63) is 11.4 Å². The van der Waals surface area contributed by atoms with Gasteiger partial charge in [0.05, 0.1) is 0 Å². The van der Waals surface area contributed by atoms with E-state index in [1.54, 1.807) is 0 Å². The predicted octanol–water partition coefficient (Wildman–Crippen LogP) is -0.503. The fraction of sp³-hybridized carbons (Fsp3) is 0.625. The van der Waals surface area contributed by atoms with Crippen molar-refractivity contribution in [2.24, 2.45) is 11.5 Å². The van der Waals surface area contributed by atoms with Gasteiger partial charge in [-0.3, -0.25) is 9.59 Å². The fourth-order valence-corrected chi connectivity index (χ4v) is 2.02. The maximum absolute atomic E-state index is 12.4. The normalized spacial score (nSPS) is 10.3. The number of hydrogen-bond donors (Lipinski definition) is 6. The van der Waals surface area contributed by atoms with E-state index in [1.165, 1.54) is 0 Å². The van der Waals surface area contributed by atoms with Gasteiger partial charge in [0, 0.05) is 39.3 Å². The number of nitrogens with two attached hydrogens (primary N) is 2. The Hall–Kier alpha value is -2.46. The van der Waals surface area contributed by atoms with Gasteiger partial charge < -0.3 is 32.7 Å². The predicted molar refractivity (Wildman–Crippen MR) is 102 cm³/mol. The van der Waals surface area contributed by atoms with Crippen LogP contribution in [0.2, 0.25) is 0 Å². The molecule has 10 nitrogen and oxygen atoms in total. The zero-order chi connectivity index (χ0) is 19.4. The first kappa shape index (κ1) is 21.6. The van der Waals surface area contributed by atoms with Crippen LogP contribution in [0.5, 0.6) is 0 Å². The lowest BCUT2D eigenvalue weighted by Crippen LogP contribution is -2.33. The fourth-order valence-electron chi connectivity index (χ4n) is 2.02. The third kappa shape index (κ3) is 6.45. The van der Waals surface area contributed by atoms with Crippen molar-refractivity contribution in [1.29, 1.82) is 0 Å². The molecular formula is C16H30N8O2. The van der Waals surface area contributed by atoms with E-state index in [4.69, 9.17) is 11.5 Å². The lowest BCUT2D eigenvalue weighted by molar-refractivity contribution is 0.0936. The molecule has 1 aromatic heterocycles. The molecule has 1 aromatic rings. The van der Waals surface area contributed by atoms with E-state index in [1.807, 2.05) is 13.8 Å². The molecule has 0 saturated heterocycles. The van der Waals surface area contributed by atoms with E-state index in [0.29, 0.717) is 39.3 Å². The summed E-state index contributed by atoms with van der Waals surface area (Å²) in [5.74, 6) is -0.257. The summed E-state index contributed by atoms with van der Waals surface area (Å²) in [6.45, 7) is 6.44. The molecular weight excluding hydrogens is 336 g/mol. The van der Waals surface area contributed by atoms with Crippen LogP contribution in [0.4, 0.5) is 11.6 Å². The molecule has 0 aromatic carbocycles. The van der Waals surface area contributed by atoms with Crippen LogP contribution in [-0.2, 0) is 0 Å². The van der Waals surface area contributed by atoms with E-state index < -0.39 is 11.8 Å². The Morgan fingerprint density at radius 1 is 0.769 bits per heavy atom. The Morgan fingerprint density at radius 2 is 1.15 bits per heavy atom. The molecule has 0 atom stereocenters. The number of nitrogens with one attached hydrogen (secondary N) is 4. The highest BCUT2D eigenvalue weighted by molar-refractivity contribution is 6.01. The quantitative estimate of drug-likeness (QED) is 0.288. The molecule has 146 valence electrons. The number of nitrogens with zero attached hydrogens (tertiary/aromatic N) is 2. The molecule has 0 radical (unpaired) electrons. The van der Waals surface area contributed by atoms with Crippen molar-refractivity contribution in [3.8, 4) is 0 Å². The molecule has 1 rings (SSSR count). The van der Waals surface area contributed by atoms with Crippen LogP contribution in [-0.4, -0.2) is 61.1 Å². The number of anilines is 2. The Bertz CT molecular complexity index is 542. The average Bonchev–Trinajstić information content (AvgIpc) is 2.66. The highest BCUT2D eigenvalue weighted by Gasteiger charge is 2.22. The van der Waals surface area contributed by atoms with E-state index in [0.717, 1.165) is 12.8 Å². The van der Waals surface area contributed by atoms with Crippen molar-refractivity contribution in [2.75, 3.05) is 49.9 Å². The SMILES string of the molecule is CCCNc1nc(C(=O)NCCN)c(NCCC)nc1C(=O)NCCN. The third-order valence-corrected chi connectivity index (χ3v) is 3.27. The Balaban J connectivity index is 3.28. The van der Waals surface area contributed by atoms with Crippen molar-refractivity contribution < 1.29 is 9.59 Å². The van der Waals surface area contributed by atoms with E-state index in [-0.39, 0.29) is 23.0 Å². The molecule has 2 amide bonds. The van der Waals surface area contributed by atoms with Crippen LogP contribution >= 0.6 is 0 Å². The van der Waals surface area contributed by atoms with Gasteiger partial charge in [0.2, 0.25) is 0 Å². The van der Waals surface area contributed by atoms with Crippen LogP contribution in [0.1, 0.15) is 47.7 Å². The monoisotopic (exact) mass is 366 g/mol. The summed E-state index contributed by atoms with van der Waals surface area (Å²) in [4.78, 5) is 33.6. The molecule has 0 spiro atoms. The summed E-state index contributed by atoms with van der Waals surface area (Å²) < 4.78 is 0. The lowest BCUT2D eigenvalue weighted by Gasteiger charge is -2.16. The second kappa shape index (κ2) is 12.0. The largest absolute Gasteiger partial charge is 0.368 e. The van der Waals surface area contributed by atoms with Crippen molar-refractivity contribution in [2.45, 2.75) is 26.7 Å². The minimum Gasteiger partial charge on any atom is -0.368 e. The second-order valence-corrected chi connectivity index (χ2v) is 5.56. The molecule has 0 unspecified atom stereocenters. The second-order valence-electron chi connectivity index (χ2n) is 5.56. The average molecular weight is 366 g/mol. The van der Waals surface area contributed by atoms with Crippen molar-refractivity contribution >= 4 is 23.5 Å². The van der Waals surface area contributed by atoms with Crippen LogP contribution in [0.25, 0.3) is 0 Å². The summed E-state index contributed by atoms with van der Waals surface area (Å²) in [5, 5.41) is 11.5. The summed E-state index contributed by atoms with van der Waals surface area (Å²) in [6.07, 6.45) is 1.66. The zero-order valence-electron chi connectivity index (χ0n) is 15.5. The molecule has 8 N–H and O–H groups in total. The number of hydrogen-bond acceptors (Lipinski definition) is 8. The first-order chi connectivity index (χ1) is 12.6. The van der Waals surface area contributed by atoms with E-state index in [2.05, 4.69) is 31.2 Å². The highest BCUT2D eigenvalue weighted by Crippen LogP contribution is 2.18. The Kier molecular flexibility index (Phi) is 9.95. The van der Waals surface area contributed by atoms with Crippen LogP contribution in [0.15, 0.2) is 0 Å². The number of carbonyl (C=O) groups is 2. The van der Waals surface area contributed by atoms with Gasteiger partial charge in [-0.25, -0.2) is 9.97 Å². The summed E-state index contributed by atoms with van der Waals surface area (Å²) in [5.41, 5.74) is 11.1. The zero-order valence-corrected chi connectivity index (χ0v) is 15.5. The van der Waals surface area contributed by atoms with E-state index >= 15 is 0 Å². The third-order valence-electron chi connectivity index (χ3n) is 3.27. The molecule has 0 aliphatic rings. The van der Waals surface area contributed by atoms with Gasteiger partial charge in [0.1, 0.15) is 0 Å². The van der Waals surface area contributed by atoms with E-state index in [9.17, 15) is 9.59 Å². The van der Waals surface area contributed by atoms with Gasteiger partial charge in [0.15, 0.2) is 23.0 Å². The van der Waals surface area contributed by atoms with Crippen LogP contribution in [0, 0.1) is 0 Å². The standard InChI is InChI=1S/C16H30N8O2/c1-3-7-19-13-11(15(25)21-9-5-17)24-14(20-8-4-2)12(23-13)16(26)22-10-6-18/h3-10,17-18H2,1-2H3,(H,19,23)(H,20,24)(H,21,25)(H,22,26). The highest BCUT2D eigenvalue weighted by atomic mass is 16.2. The summed E-state index contributed by atoms with van der Waals surface area (Å²) in [7, 11) is 0. The molecule has 0 fully saturated rings. The lowest BCUT2D eigenvalue weighted by atomic mass is 10.3. The molecule has 1 heterocycles. The number of aromatic nitrogens is 2. The van der Waals surface area contributed by atoms with Gasteiger partial charge in [-0.1, -0.05) is 13.8 Å².